The first-order valence-electron chi connectivity index (χ1n) is 11.0. The number of likely N-dealkylation sites (tertiary alicyclic amines) is 1. The Morgan fingerprint density at radius 1 is 1.00 bits per heavy atom. The third-order valence-corrected chi connectivity index (χ3v) is 7.54. The smallest absolute Gasteiger partial charge is 0.253 e. The minimum atomic E-state index is -3.44. The topological polar surface area (TPSA) is 83.5 Å². The number of piperidine rings is 2. The van der Waals surface area contributed by atoms with E-state index in [9.17, 15) is 13.2 Å². The Morgan fingerprint density at radius 3 is 2.26 bits per heavy atom. The van der Waals surface area contributed by atoms with Crippen LogP contribution in [0.4, 0.5) is 5.95 Å². The van der Waals surface area contributed by atoms with Crippen molar-refractivity contribution in [2.45, 2.75) is 43.4 Å². The van der Waals surface area contributed by atoms with Crippen molar-refractivity contribution in [3.8, 4) is 0 Å². The van der Waals surface area contributed by atoms with Gasteiger partial charge in [0.25, 0.3) is 5.91 Å². The van der Waals surface area contributed by atoms with Gasteiger partial charge in [-0.2, -0.15) is 0 Å². The molecule has 2 fully saturated rings. The minimum absolute atomic E-state index is 0.00462. The van der Waals surface area contributed by atoms with Crippen LogP contribution in [0.5, 0.6) is 0 Å². The molecule has 7 nitrogen and oxygen atoms in total. The number of aromatic nitrogens is 2. The lowest BCUT2D eigenvalue weighted by atomic mass is 9.93. The maximum atomic E-state index is 12.8. The molecule has 4 rings (SSSR count). The zero-order valence-electron chi connectivity index (χ0n) is 18.2. The van der Waals surface area contributed by atoms with Crippen molar-refractivity contribution >= 4 is 21.7 Å². The SMILES string of the molecule is CC1CCN(c2ncc(S(C)(=O)=O)c(C3CCN(C(=O)c4ccccc4)CC3)n2)CC1. The quantitative estimate of drug-likeness (QED) is 0.723. The minimum Gasteiger partial charge on any atom is -0.341 e. The van der Waals surface area contributed by atoms with Crippen molar-refractivity contribution in [1.29, 1.82) is 0 Å². The highest BCUT2D eigenvalue weighted by Gasteiger charge is 2.30. The summed E-state index contributed by atoms with van der Waals surface area (Å²) in [6.45, 7) is 5.21. The van der Waals surface area contributed by atoms with Crippen LogP contribution in [-0.2, 0) is 9.84 Å². The molecule has 3 heterocycles. The molecule has 31 heavy (non-hydrogen) atoms. The Labute approximate surface area is 184 Å². The Kier molecular flexibility index (Phi) is 6.27. The van der Waals surface area contributed by atoms with Crippen molar-refractivity contribution < 1.29 is 13.2 Å². The first kappa shape index (κ1) is 21.7. The highest BCUT2D eigenvalue weighted by atomic mass is 32.2. The summed E-state index contributed by atoms with van der Waals surface area (Å²) >= 11 is 0. The number of anilines is 1. The molecule has 2 aliphatic heterocycles. The lowest BCUT2D eigenvalue weighted by Gasteiger charge is -2.34. The van der Waals surface area contributed by atoms with E-state index in [-0.39, 0.29) is 16.7 Å². The Balaban J connectivity index is 1.54. The number of carbonyl (C=O) groups is 1. The average Bonchev–Trinajstić information content (AvgIpc) is 2.79. The fraction of sp³-hybridized carbons (Fsp3) is 0.522. The van der Waals surface area contributed by atoms with Gasteiger partial charge in [0.05, 0.1) is 11.9 Å². The Morgan fingerprint density at radius 2 is 1.65 bits per heavy atom. The van der Waals surface area contributed by atoms with Crippen molar-refractivity contribution in [2.75, 3.05) is 37.3 Å². The van der Waals surface area contributed by atoms with E-state index >= 15 is 0 Å². The highest BCUT2D eigenvalue weighted by molar-refractivity contribution is 7.90. The third-order valence-electron chi connectivity index (χ3n) is 6.43. The largest absolute Gasteiger partial charge is 0.341 e. The zero-order valence-corrected chi connectivity index (χ0v) is 19.0. The predicted molar refractivity (Wildman–Crippen MR) is 120 cm³/mol. The summed E-state index contributed by atoms with van der Waals surface area (Å²) in [5, 5.41) is 0. The molecule has 0 unspecified atom stereocenters. The number of hydrogen-bond acceptors (Lipinski definition) is 6. The molecule has 1 aromatic carbocycles. The maximum Gasteiger partial charge on any atom is 0.253 e. The molecular weight excluding hydrogens is 412 g/mol. The van der Waals surface area contributed by atoms with Gasteiger partial charge in [-0.1, -0.05) is 25.1 Å². The number of carbonyl (C=O) groups excluding carboxylic acids is 1. The van der Waals surface area contributed by atoms with Crippen LogP contribution < -0.4 is 4.90 Å². The number of rotatable bonds is 4. The molecule has 1 aromatic heterocycles. The molecular formula is C23H30N4O3S. The summed E-state index contributed by atoms with van der Waals surface area (Å²) in [5.74, 6) is 1.33. The number of amides is 1. The summed E-state index contributed by atoms with van der Waals surface area (Å²) in [5.41, 5.74) is 1.29. The van der Waals surface area contributed by atoms with Gasteiger partial charge in [0.15, 0.2) is 9.84 Å². The molecule has 2 aromatic rings. The van der Waals surface area contributed by atoms with Crippen molar-refractivity contribution in [3.63, 3.8) is 0 Å². The van der Waals surface area contributed by atoms with Gasteiger partial charge in [-0.15, -0.1) is 0 Å². The molecule has 1 amide bonds. The fourth-order valence-corrected chi connectivity index (χ4v) is 5.27. The van der Waals surface area contributed by atoms with E-state index in [0.29, 0.717) is 49.1 Å². The van der Waals surface area contributed by atoms with E-state index < -0.39 is 9.84 Å². The molecule has 0 saturated carbocycles. The van der Waals surface area contributed by atoms with Gasteiger partial charge in [-0.25, -0.2) is 18.4 Å². The van der Waals surface area contributed by atoms with E-state index in [2.05, 4.69) is 16.8 Å². The zero-order chi connectivity index (χ0) is 22.0. The molecule has 8 heteroatoms. The van der Waals surface area contributed by atoms with Crippen LogP contribution in [-0.4, -0.2) is 61.6 Å². The summed E-state index contributed by atoms with van der Waals surface area (Å²) in [7, 11) is -3.44. The molecule has 0 bridgehead atoms. The lowest BCUT2D eigenvalue weighted by molar-refractivity contribution is 0.0711. The highest BCUT2D eigenvalue weighted by Crippen LogP contribution is 2.33. The number of benzene rings is 1. The van der Waals surface area contributed by atoms with Gasteiger partial charge in [0, 0.05) is 43.9 Å². The van der Waals surface area contributed by atoms with Gasteiger partial charge < -0.3 is 9.80 Å². The molecule has 2 saturated heterocycles. The molecule has 0 aliphatic carbocycles. The lowest BCUT2D eigenvalue weighted by Crippen LogP contribution is -2.38. The third kappa shape index (κ3) is 4.89. The van der Waals surface area contributed by atoms with E-state index in [1.165, 1.54) is 12.5 Å². The van der Waals surface area contributed by atoms with Crippen LogP contribution in [0, 0.1) is 5.92 Å². The second-order valence-electron chi connectivity index (χ2n) is 8.79. The summed E-state index contributed by atoms with van der Waals surface area (Å²) < 4.78 is 24.9. The van der Waals surface area contributed by atoms with E-state index in [1.54, 1.807) is 0 Å². The maximum absolute atomic E-state index is 12.8. The molecule has 166 valence electrons. The van der Waals surface area contributed by atoms with Crippen LogP contribution in [0.1, 0.15) is 54.6 Å². The predicted octanol–water partition coefficient (Wildman–Crippen LogP) is 3.14. The molecule has 0 radical (unpaired) electrons. The summed E-state index contributed by atoms with van der Waals surface area (Å²) in [4.78, 5) is 26.1. The molecule has 0 N–H and O–H groups in total. The molecule has 0 atom stereocenters. The number of hydrogen-bond donors (Lipinski definition) is 0. The van der Waals surface area contributed by atoms with Gasteiger partial charge in [0.2, 0.25) is 5.95 Å². The number of sulfone groups is 1. The summed E-state index contributed by atoms with van der Waals surface area (Å²) in [6, 6.07) is 9.27. The van der Waals surface area contributed by atoms with Crippen molar-refractivity contribution in [1.82, 2.24) is 14.9 Å². The van der Waals surface area contributed by atoms with Gasteiger partial charge in [-0.3, -0.25) is 4.79 Å². The van der Waals surface area contributed by atoms with Crippen molar-refractivity contribution in [2.24, 2.45) is 5.92 Å². The van der Waals surface area contributed by atoms with E-state index in [1.807, 2.05) is 35.2 Å². The normalized spacial score (nSPS) is 18.9. The van der Waals surface area contributed by atoms with Gasteiger partial charge in [-0.05, 0) is 43.7 Å². The Hall–Kier alpha value is -2.48. The van der Waals surface area contributed by atoms with Crippen LogP contribution in [0.2, 0.25) is 0 Å². The standard InChI is InChI=1S/C23H30N4O3S/c1-17-8-12-27(13-9-17)23-24-16-20(31(2,29)30)21(25-23)18-10-14-26(15-11-18)22(28)19-6-4-3-5-7-19/h3-7,16-18H,8-15H2,1-2H3. The van der Waals surface area contributed by atoms with E-state index in [0.717, 1.165) is 25.9 Å². The second-order valence-corrected chi connectivity index (χ2v) is 10.8. The fourth-order valence-electron chi connectivity index (χ4n) is 4.43. The summed E-state index contributed by atoms with van der Waals surface area (Å²) in [6.07, 6.45) is 6.25. The van der Waals surface area contributed by atoms with Crippen LogP contribution in [0.3, 0.4) is 0 Å². The first-order valence-corrected chi connectivity index (χ1v) is 12.9. The van der Waals surface area contributed by atoms with Crippen LogP contribution in [0.25, 0.3) is 0 Å². The molecule has 2 aliphatic rings. The van der Waals surface area contributed by atoms with Crippen molar-refractivity contribution in [3.05, 3.63) is 47.8 Å². The van der Waals surface area contributed by atoms with Crippen LogP contribution >= 0.6 is 0 Å². The van der Waals surface area contributed by atoms with E-state index in [4.69, 9.17) is 4.98 Å². The second kappa shape index (κ2) is 8.94. The number of nitrogens with zero attached hydrogens (tertiary/aromatic N) is 4. The van der Waals surface area contributed by atoms with Crippen LogP contribution in [0.15, 0.2) is 41.4 Å². The first-order chi connectivity index (χ1) is 14.8. The van der Waals surface area contributed by atoms with Gasteiger partial charge >= 0.3 is 0 Å². The van der Waals surface area contributed by atoms with Gasteiger partial charge in [0.1, 0.15) is 4.90 Å². The molecule has 0 spiro atoms. The average molecular weight is 443 g/mol. The monoisotopic (exact) mass is 442 g/mol. The Bertz CT molecular complexity index is 1030.